The molecule has 2 heterocycles. The Morgan fingerprint density at radius 3 is 1.48 bits per heavy atom. The molecule has 3 amide bonds. The molecule has 486 valence electrons. The van der Waals surface area contributed by atoms with E-state index in [2.05, 4.69) is 16.0 Å². The lowest BCUT2D eigenvalue weighted by Gasteiger charge is -2.47. The molecule has 4 unspecified atom stereocenters. The third-order valence-electron chi connectivity index (χ3n) is 14.2. The number of carbonyl (C=O) groups excluding carboxylic acids is 7. The van der Waals surface area contributed by atoms with Crippen LogP contribution in [0, 0.1) is 5.92 Å². The van der Waals surface area contributed by atoms with Crippen molar-refractivity contribution in [2.24, 2.45) is 5.92 Å². The average molecular weight is 1260 g/mol. The second-order valence-electron chi connectivity index (χ2n) is 20.9. The van der Waals surface area contributed by atoms with Crippen LogP contribution < -0.4 is 16.0 Å². The van der Waals surface area contributed by atoms with Gasteiger partial charge >= 0.3 is 37.7 Å². The molecule has 5 rings (SSSR count). The Bertz CT molecular complexity index is 2660. The van der Waals surface area contributed by atoms with Crippen LogP contribution in [-0.2, 0) is 119 Å². The van der Waals surface area contributed by atoms with Crippen molar-refractivity contribution < 1.29 is 104 Å². The number of phosphoric acid groups is 1. The van der Waals surface area contributed by atoms with Gasteiger partial charge in [0.15, 0.2) is 18.7 Å². The molecular weight excluding hydrogens is 1170 g/mol. The number of benzene rings is 3. The highest BCUT2D eigenvalue weighted by Gasteiger charge is 2.54. The summed E-state index contributed by atoms with van der Waals surface area (Å²) in [5.41, 5.74) is 1.97. The van der Waals surface area contributed by atoms with Crippen LogP contribution in [0.2, 0.25) is 0 Å². The van der Waals surface area contributed by atoms with Gasteiger partial charge in [0, 0.05) is 44.6 Å². The Balaban J connectivity index is 1.59. The van der Waals surface area contributed by atoms with E-state index in [1.807, 2.05) is 30.3 Å². The van der Waals surface area contributed by atoms with Crippen LogP contribution in [0.15, 0.2) is 91.0 Å². The third kappa shape index (κ3) is 24.4. The van der Waals surface area contributed by atoms with E-state index in [1.54, 1.807) is 109 Å². The van der Waals surface area contributed by atoms with Gasteiger partial charge in [-0.2, -0.15) is 0 Å². The highest BCUT2D eigenvalue weighted by Crippen LogP contribution is 2.54. The summed E-state index contributed by atoms with van der Waals surface area (Å²) in [6.45, 7) is 9.71. The Morgan fingerprint density at radius 1 is 0.545 bits per heavy atom. The molecule has 0 aliphatic carbocycles. The number of hydrogen-bond acceptors (Lipinski definition) is 21. The Hall–Kier alpha value is -6.67. The van der Waals surface area contributed by atoms with Crippen molar-refractivity contribution in [3.8, 4) is 0 Å². The summed E-state index contributed by atoms with van der Waals surface area (Å²) in [4.78, 5) is 104. The number of amides is 3. The molecule has 0 radical (unpaired) electrons. The maximum atomic E-state index is 15.4. The van der Waals surface area contributed by atoms with E-state index in [-0.39, 0.29) is 97.4 Å². The second kappa shape index (κ2) is 38.0. The topological polar surface area (TPSA) is 321 Å². The number of esters is 4. The summed E-state index contributed by atoms with van der Waals surface area (Å²) in [6, 6.07) is 24.0. The van der Waals surface area contributed by atoms with Gasteiger partial charge in [0.1, 0.15) is 42.6 Å². The number of ether oxygens (including phenoxy) is 9. The molecule has 3 aromatic rings. The first kappa shape index (κ1) is 72.1. The first-order valence-electron chi connectivity index (χ1n) is 30.0. The van der Waals surface area contributed by atoms with E-state index in [1.165, 1.54) is 0 Å². The molecule has 2 aliphatic rings. The van der Waals surface area contributed by atoms with Crippen LogP contribution in [0.1, 0.15) is 129 Å². The van der Waals surface area contributed by atoms with E-state index in [0.717, 1.165) is 5.56 Å². The molecule has 0 spiro atoms. The van der Waals surface area contributed by atoms with Crippen molar-refractivity contribution in [2.75, 3.05) is 26.4 Å². The van der Waals surface area contributed by atoms with Crippen molar-refractivity contribution in [3.63, 3.8) is 0 Å². The molecule has 26 heteroatoms. The van der Waals surface area contributed by atoms with Crippen molar-refractivity contribution in [2.45, 2.75) is 200 Å². The summed E-state index contributed by atoms with van der Waals surface area (Å²) in [6.07, 6.45) is -12.9. The predicted molar refractivity (Wildman–Crippen MR) is 314 cm³/mol. The fourth-order valence-corrected chi connectivity index (χ4v) is 10.6. The number of carboxylic acid groups (broad SMARTS) is 1. The van der Waals surface area contributed by atoms with Crippen LogP contribution >= 0.6 is 7.82 Å². The largest absolute Gasteiger partial charge is 0.481 e. The number of nitrogens with one attached hydrogen (secondary N) is 3. The molecule has 0 aromatic heterocycles. The lowest BCUT2D eigenvalue weighted by Crippen LogP contribution is -2.67. The van der Waals surface area contributed by atoms with E-state index < -0.39 is 142 Å². The van der Waals surface area contributed by atoms with E-state index in [4.69, 9.17) is 61.3 Å². The molecule has 0 saturated carbocycles. The van der Waals surface area contributed by atoms with Gasteiger partial charge in [0.2, 0.25) is 17.7 Å². The lowest BCUT2D eigenvalue weighted by molar-refractivity contribution is -0.299. The van der Waals surface area contributed by atoms with Crippen LogP contribution in [0.5, 0.6) is 0 Å². The molecule has 88 heavy (non-hydrogen) atoms. The average Bonchev–Trinajstić information content (AvgIpc) is 2.02. The summed E-state index contributed by atoms with van der Waals surface area (Å²) in [5, 5.41) is 17.4. The van der Waals surface area contributed by atoms with Gasteiger partial charge in [-0.25, -0.2) is 4.57 Å². The highest BCUT2D eigenvalue weighted by atomic mass is 31.2. The zero-order valence-corrected chi connectivity index (χ0v) is 52.0. The molecule has 4 N–H and O–H groups in total. The summed E-state index contributed by atoms with van der Waals surface area (Å²) in [7, 11) is -4.81. The number of carboxylic acids is 1. The quantitative estimate of drug-likeness (QED) is 0.0192. The standard InChI is InChI=1S/C62H86N3O22P/c1-8-44(81-52(71)10-3)33-49(67)64-56-58(85-54(73)12-5)40(7)46(83-61(56)77-32-31-63-48(66)29-30-51(69)70)39-78-62-57(65-50(68)34-45(9-2)82-53(72)11-4)60(86-55(74)13-6)59(47(84-62)38-76-35-41-23-17-14-18-24-41)87-88(75,79-36-42-25-19-15-20-26-42)80-37-43-27-21-16-22-28-43/h14-28,40,44-47,56-62H,8-13,29-39H2,1-7H3,(H,63,66)(H,64,67)(H,65,68)(H,69,70)/t40-,44-,45-,46?,47?,56?,57?,58+,59-,60-,61-,62-/m1/s1. The van der Waals surface area contributed by atoms with Gasteiger partial charge in [-0.05, 0) is 29.5 Å². The number of rotatable bonds is 38. The maximum Gasteiger partial charge on any atom is 0.475 e. The van der Waals surface area contributed by atoms with Gasteiger partial charge in [0.05, 0.1) is 65.0 Å². The van der Waals surface area contributed by atoms with Gasteiger partial charge in [0.25, 0.3) is 0 Å². The van der Waals surface area contributed by atoms with Crippen molar-refractivity contribution in [3.05, 3.63) is 108 Å². The molecule has 0 bridgehead atoms. The minimum Gasteiger partial charge on any atom is -0.481 e. The Kier molecular flexibility index (Phi) is 31.1. The van der Waals surface area contributed by atoms with Crippen LogP contribution in [0.3, 0.4) is 0 Å². The molecule has 2 saturated heterocycles. The normalized spacial score (nSPS) is 22.4. The summed E-state index contributed by atoms with van der Waals surface area (Å²) in [5.74, 6) is -6.48. The van der Waals surface area contributed by atoms with Crippen LogP contribution in [0.4, 0.5) is 0 Å². The minimum atomic E-state index is -4.81. The SMILES string of the molecule is CCC(=O)O[C@H](CC)CC(=O)NC1[C@H](OCCNC(=O)CCC(=O)O)OC(CO[C@@H]2OC(COCc3ccccc3)[C@@H](OP(=O)(OCc3ccccc3)OCc3ccccc3)[C@H](OC(=O)CC)C2NC(=O)C[C@@H](CC)OC(=O)CC)[C@@H](C)[C@@H]1OC(=O)CC. The fourth-order valence-electron chi connectivity index (χ4n) is 9.22. The van der Waals surface area contributed by atoms with Gasteiger partial charge < -0.3 is 63.7 Å². The molecule has 2 fully saturated rings. The number of carbonyl (C=O) groups is 8. The van der Waals surface area contributed by atoms with Crippen LogP contribution in [0.25, 0.3) is 0 Å². The number of phosphoric ester groups is 1. The third-order valence-corrected chi connectivity index (χ3v) is 15.6. The molecular formula is C62H86N3O22P. The van der Waals surface area contributed by atoms with Gasteiger partial charge in [-0.15, -0.1) is 0 Å². The van der Waals surface area contributed by atoms with E-state index >= 15 is 4.57 Å². The maximum absolute atomic E-state index is 15.4. The molecule has 25 nitrogen and oxygen atoms in total. The first-order valence-corrected chi connectivity index (χ1v) is 31.4. The number of aliphatic carboxylic acids is 1. The smallest absolute Gasteiger partial charge is 0.475 e. The monoisotopic (exact) mass is 1260 g/mol. The zero-order chi connectivity index (χ0) is 64.0. The zero-order valence-electron chi connectivity index (χ0n) is 51.1. The van der Waals surface area contributed by atoms with Crippen molar-refractivity contribution in [1.82, 2.24) is 16.0 Å². The first-order chi connectivity index (χ1) is 42.3. The predicted octanol–water partition coefficient (Wildman–Crippen LogP) is 7.09. The summed E-state index contributed by atoms with van der Waals surface area (Å²) >= 11 is 0. The molecule has 3 aromatic carbocycles. The minimum absolute atomic E-state index is 0.0273. The van der Waals surface area contributed by atoms with Gasteiger partial charge in [-0.1, -0.05) is 139 Å². The van der Waals surface area contributed by atoms with Gasteiger partial charge in [-0.3, -0.25) is 51.9 Å². The number of hydrogen-bond donors (Lipinski definition) is 4. The van der Waals surface area contributed by atoms with Crippen molar-refractivity contribution >= 4 is 55.4 Å². The molecule has 12 atom stereocenters. The van der Waals surface area contributed by atoms with Crippen LogP contribution in [-0.4, -0.2) is 146 Å². The highest BCUT2D eigenvalue weighted by molar-refractivity contribution is 7.48. The fraction of sp³-hybridized carbons (Fsp3) is 0.581. The molecule has 2 aliphatic heterocycles. The van der Waals surface area contributed by atoms with Crippen molar-refractivity contribution in [1.29, 1.82) is 0 Å². The Labute approximate surface area is 513 Å². The summed E-state index contributed by atoms with van der Waals surface area (Å²) < 4.78 is 90.1. The second-order valence-corrected chi connectivity index (χ2v) is 22.5. The van der Waals surface area contributed by atoms with E-state index in [0.29, 0.717) is 11.1 Å². The Morgan fingerprint density at radius 2 is 1.00 bits per heavy atom. The van der Waals surface area contributed by atoms with E-state index in [9.17, 15) is 38.4 Å². The lowest BCUT2D eigenvalue weighted by atomic mass is 9.88.